The second kappa shape index (κ2) is 6.14. The van der Waals surface area contributed by atoms with Gasteiger partial charge in [0.05, 0.1) is 36.0 Å². The molecule has 1 unspecified atom stereocenters. The third-order valence-corrected chi connectivity index (χ3v) is 2.83. The number of nitriles is 1. The van der Waals surface area contributed by atoms with Crippen LogP contribution in [0.2, 0.25) is 0 Å². The maximum absolute atomic E-state index is 9.31. The summed E-state index contributed by atoms with van der Waals surface area (Å²) >= 11 is 0. The van der Waals surface area contributed by atoms with Gasteiger partial charge in [0.2, 0.25) is 0 Å². The molecule has 2 aromatic rings. The van der Waals surface area contributed by atoms with E-state index in [0.29, 0.717) is 17.9 Å². The van der Waals surface area contributed by atoms with E-state index in [1.54, 1.807) is 7.11 Å². The minimum Gasteiger partial charge on any atom is -0.394 e. The van der Waals surface area contributed by atoms with E-state index in [9.17, 15) is 5.11 Å². The number of nitrogens with zero attached hydrogens (tertiary/aromatic N) is 2. The van der Waals surface area contributed by atoms with Crippen LogP contribution >= 0.6 is 0 Å². The first-order chi connectivity index (χ1) is 9.30. The van der Waals surface area contributed by atoms with Gasteiger partial charge in [-0.1, -0.05) is 18.2 Å². The van der Waals surface area contributed by atoms with E-state index in [4.69, 9.17) is 10.00 Å². The van der Waals surface area contributed by atoms with Crippen molar-refractivity contribution < 1.29 is 9.84 Å². The third kappa shape index (κ3) is 2.81. The van der Waals surface area contributed by atoms with E-state index in [-0.39, 0.29) is 12.6 Å². The molecule has 0 fully saturated rings. The second-order valence-electron chi connectivity index (χ2n) is 4.16. The summed E-state index contributed by atoms with van der Waals surface area (Å²) in [7, 11) is 1.57. The van der Waals surface area contributed by atoms with Crippen LogP contribution in [0.4, 0.5) is 5.69 Å². The Bertz CT molecular complexity index is 607. The highest BCUT2D eigenvalue weighted by Crippen LogP contribution is 2.25. The number of ether oxygens (including phenoxy) is 1. The van der Waals surface area contributed by atoms with Gasteiger partial charge in [-0.2, -0.15) is 5.26 Å². The van der Waals surface area contributed by atoms with Gasteiger partial charge in [-0.25, -0.2) is 0 Å². The molecule has 5 heteroatoms. The number of hydrogen-bond acceptors (Lipinski definition) is 5. The van der Waals surface area contributed by atoms with Crippen LogP contribution in [-0.2, 0) is 4.74 Å². The molecule has 0 spiro atoms. The Morgan fingerprint density at radius 3 is 2.95 bits per heavy atom. The number of pyridine rings is 1. The summed E-state index contributed by atoms with van der Waals surface area (Å²) in [6, 6.07) is 9.41. The fourth-order valence-corrected chi connectivity index (χ4v) is 1.93. The van der Waals surface area contributed by atoms with Crippen LogP contribution in [0.1, 0.15) is 5.56 Å². The number of anilines is 1. The molecule has 5 nitrogen and oxygen atoms in total. The summed E-state index contributed by atoms with van der Waals surface area (Å²) in [5, 5.41) is 22.5. The smallest absolute Gasteiger partial charge is 0.103 e. The second-order valence-corrected chi connectivity index (χ2v) is 4.16. The van der Waals surface area contributed by atoms with E-state index >= 15 is 0 Å². The van der Waals surface area contributed by atoms with Crippen molar-refractivity contribution in [3.8, 4) is 6.07 Å². The van der Waals surface area contributed by atoms with Gasteiger partial charge in [-0.3, -0.25) is 4.98 Å². The average Bonchev–Trinajstić information content (AvgIpc) is 2.46. The molecule has 1 aromatic carbocycles. The standard InChI is InChI=1S/C14H15N3O2/c1-19-9-11(8-18)17-14-10(6-15)7-16-13-5-3-2-4-12(13)14/h2-5,7,11,18H,8-9H2,1H3,(H,16,17). The molecular weight excluding hydrogens is 242 g/mol. The van der Waals surface area contributed by atoms with Crippen molar-refractivity contribution in [3.63, 3.8) is 0 Å². The molecular formula is C14H15N3O2. The maximum Gasteiger partial charge on any atom is 0.103 e. The summed E-state index contributed by atoms with van der Waals surface area (Å²) < 4.78 is 5.03. The van der Waals surface area contributed by atoms with E-state index < -0.39 is 0 Å². The first kappa shape index (κ1) is 13.3. The van der Waals surface area contributed by atoms with Crippen molar-refractivity contribution in [3.05, 3.63) is 36.0 Å². The molecule has 2 N–H and O–H groups in total. The molecule has 0 aliphatic rings. The lowest BCUT2D eigenvalue weighted by Crippen LogP contribution is -2.29. The SMILES string of the molecule is COCC(CO)Nc1c(C#N)cnc2ccccc12. The number of benzene rings is 1. The van der Waals surface area contributed by atoms with Gasteiger partial charge in [0.15, 0.2) is 0 Å². The molecule has 0 radical (unpaired) electrons. The third-order valence-electron chi connectivity index (χ3n) is 2.83. The minimum atomic E-state index is -0.261. The molecule has 2 rings (SSSR count). The first-order valence-electron chi connectivity index (χ1n) is 5.94. The van der Waals surface area contributed by atoms with Gasteiger partial charge in [0.25, 0.3) is 0 Å². The number of hydrogen-bond donors (Lipinski definition) is 2. The summed E-state index contributed by atoms with van der Waals surface area (Å²) in [5.74, 6) is 0. The largest absolute Gasteiger partial charge is 0.394 e. The number of methoxy groups -OCH3 is 1. The van der Waals surface area contributed by atoms with Gasteiger partial charge >= 0.3 is 0 Å². The molecule has 1 heterocycles. The van der Waals surface area contributed by atoms with Crippen molar-refractivity contribution in [2.75, 3.05) is 25.6 Å². The van der Waals surface area contributed by atoms with Crippen LogP contribution in [0.15, 0.2) is 30.5 Å². The highest BCUT2D eigenvalue weighted by molar-refractivity contribution is 5.93. The Morgan fingerprint density at radius 2 is 2.26 bits per heavy atom. The minimum absolute atomic E-state index is 0.0740. The molecule has 0 saturated heterocycles. The molecule has 0 amide bonds. The van der Waals surface area contributed by atoms with Gasteiger partial charge in [0, 0.05) is 18.7 Å². The van der Waals surface area contributed by atoms with Crippen LogP contribution in [-0.4, -0.2) is 36.5 Å². The predicted octanol–water partition coefficient (Wildman–Crippen LogP) is 1.53. The van der Waals surface area contributed by atoms with Gasteiger partial charge in [-0.05, 0) is 6.07 Å². The summed E-state index contributed by atoms with van der Waals surface area (Å²) in [6.07, 6.45) is 1.53. The fourth-order valence-electron chi connectivity index (χ4n) is 1.93. The van der Waals surface area contributed by atoms with Gasteiger partial charge in [-0.15, -0.1) is 0 Å². The van der Waals surface area contributed by atoms with Crippen LogP contribution < -0.4 is 5.32 Å². The molecule has 98 valence electrons. The molecule has 1 atom stereocenters. The van der Waals surface area contributed by atoms with Gasteiger partial charge < -0.3 is 15.2 Å². The van der Waals surface area contributed by atoms with E-state index in [2.05, 4.69) is 16.4 Å². The molecule has 0 aliphatic heterocycles. The predicted molar refractivity (Wildman–Crippen MR) is 72.8 cm³/mol. The molecule has 1 aromatic heterocycles. The Labute approximate surface area is 111 Å². The van der Waals surface area contributed by atoms with Crippen molar-refractivity contribution in [2.24, 2.45) is 0 Å². The van der Waals surface area contributed by atoms with E-state index in [1.807, 2.05) is 24.3 Å². The fraction of sp³-hybridized carbons (Fsp3) is 0.286. The van der Waals surface area contributed by atoms with Crippen molar-refractivity contribution in [1.82, 2.24) is 4.98 Å². The van der Waals surface area contributed by atoms with Crippen LogP contribution in [0.25, 0.3) is 10.9 Å². The number of nitrogens with one attached hydrogen (secondary N) is 1. The summed E-state index contributed by atoms with van der Waals surface area (Å²) in [4.78, 5) is 4.24. The molecule has 0 bridgehead atoms. The zero-order valence-electron chi connectivity index (χ0n) is 10.6. The number of para-hydroxylation sites is 1. The van der Waals surface area contributed by atoms with Crippen molar-refractivity contribution in [2.45, 2.75) is 6.04 Å². The highest BCUT2D eigenvalue weighted by atomic mass is 16.5. The maximum atomic E-state index is 9.31. The van der Waals surface area contributed by atoms with Crippen LogP contribution in [0.3, 0.4) is 0 Å². The Morgan fingerprint density at radius 1 is 1.47 bits per heavy atom. The zero-order chi connectivity index (χ0) is 13.7. The monoisotopic (exact) mass is 257 g/mol. The summed E-state index contributed by atoms with van der Waals surface area (Å²) in [6.45, 7) is 0.285. The van der Waals surface area contributed by atoms with Crippen molar-refractivity contribution >= 4 is 16.6 Å². The topological polar surface area (TPSA) is 78.2 Å². The normalized spacial score (nSPS) is 12.1. The number of aliphatic hydroxyl groups excluding tert-OH is 1. The van der Waals surface area contributed by atoms with Crippen molar-refractivity contribution in [1.29, 1.82) is 5.26 Å². The van der Waals surface area contributed by atoms with E-state index in [0.717, 1.165) is 10.9 Å². The molecule has 0 aliphatic carbocycles. The highest BCUT2D eigenvalue weighted by Gasteiger charge is 2.13. The number of aliphatic hydroxyl groups is 1. The Kier molecular flexibility index (Phi) is 4.29. The number of fused-ring (bicyclic) bond motifs is 1. The molecule has 19 heavy (non-hydrogen) atoms. The Balaban J connectivity index is 2.47. The lowest BCUT2D eigenvalue weighted by Gasteiger charge is -2.18. The lowest BCUT2D eigenvalue weighted by atomic mass is 10.1. The molecule has 0 saturated carbocycles. The number of rotatable bonds is 5. The Hall–Kier alpha value is -2.16. The first-order valence-corrected chi connectivity index (χ1v) is 5.94. The van der Waals surface area contributed by atoms with Crippen LogP contribution in [0.5, 0.6) is 0 Å². The van der Waals surface area contributed by atoms with Crippen LogP contribution in [0, 0.1) is 11.3 Å². The summed E-state index contributed by atoms with van der Waals surface area (Å²) in [5.41, 5.74) is 1.94. The average molecular weight is 257 g/mol. The van der Waals surface area contributed by atoms with Gasteiger partial charge in [0.1, 0.15) is 6.07 Å². The van der Waals surface area contributed by atoms with E-state index in [1.165, 1.54) is 6.20 Å². The zero-order valence-corrected chi connectivity index (χ0v) is 10.6. The quantitative estimate of drug-likeness (QED) is 0.849. The lowest BCUT2D eigenvalue weighted by molar-refractivity contribution is 0.153. The number of aromatic nitrogens is 1.